The van der Waals surface area contributed by atoms with Crippen LogP contribution in [-0.4, -0.2) is 4.98 Å². The Bertz CT molecular complexity index is 969. The minimum absolute atomic E-state index is 1.05. The van der Waals surface area contributed by atoms with Gasteiger partial charge in [0.15, 0.2) is 0 Å². The number of fused-ring (bicyclic) bond motifs is 2. The number of rotatable bonds is 1. The highest BCUT2D eigenvalue weighted by atomic mass is 32.1. The van der Waals surface area contributed by atoms with Crippen molar-refractivity contribution in [1.29, 1.82) is 0 Å². The molecule has 0 fully saturated rings. The normalized spacial score (nSPS) is 11.3. The molecule has 102 valence electrons. The number of pyridine rings is 1. The number of aryl methyl sites for hydroxylation is 2. The minimum Gasteiger partial charge on any atom is -0.240 e. The highest BCUT2D eigenvalue weighted by Gasteiger charge is 2.20. The Kier molecular flexibility index (Phi) is 2.76. The van der Waals surface area contributed by atoms with E-state index in [2.05, 4.69) is 67.1 Å². The molecule has 0 radical (unpaired) electrons. The second-order valence-electron chi connectivity index (χ2n) is 5.28. The van der Waals surface area contributed by atoms with Gasteiger partial charge in [-0.05, 0) is 30.7 Å². The maximum Gasteiger partial charge on any atom is 0.288 e. The van der Waals surface area contributed by atoms with Gasteiger partial charge in [-0.3, -0.25) is 0 Å². The molecule has 0 aliphatic carbocycles. The van der Waals surface area contributed by atoms with E-state index in [0.717, 1.165) is 11.2 Å². The van der Waals surface area contributed by atoms with Crippen LogP contribution in [0.2, 0.25) is 0 Å². The maximum absolute atomic E-state index is 4.85. The first-order chi connectivity index (χ1) is 10.2. The number of benzene rings is 2. The first kappa shape index (κ1) is 12.5. The fourth-order valence-electron chi connectivity index (χ4n) is 2.79. The van der Waals surface area contributed by atoms with E-state index in [1.54, 1.807) is 11.3 Å². The molecule has 0 unspecified atom stereocenters. The number of hydrogen-bond donors (Lipinski definition) is 0. The van der Waals surface area contributed by atoms with E-state index in [0.29, 0.717) is 0 Å². The van der Waals surface area contributed by atoms with E-state index in [-0.39, 0.29) is 0 Å². The summed E-state index contributed by atoms with van der Waals surface area (Å²) in [6, 6.07) is 19.0. The molecule has 0 bridgehead atoms. The zero-order valence-electron chi connectivity index (χ0n) is 12.0. The van der Waals surface area contributed by atoms with Crippen LogP contribution in [0.5, 0.6) is 0 Å². The molecule has 4 rings (SSSR count). The first-order valence-electron chi connectivity index (χ1n) is 6.98. The minimum atomic E-state index is 1.05. The van der Waals surface area contributed by atoms with Crippen molar-refractivity contribution in [2.75, 3.05) is 0 Å². The average molecular weight is 291 g/mol. The standard InChI is InChI=1S/C18H15N2S/c1-12-11-15(19-14-8-4-3-7-13(12)14)18-20(2)16-9-5-6-10-17(16)21-18/h3-11H,1-2H3/q+1. The van der Waals surface area contributed by atoms with Gasteiger partial charge in [-0.25, -0.2) is 4.98 Å². The Hall–Kier alpha value is -2.26. The summed E-state index contributed by atoms with van der Waals surface area (Å²) in [5.41, 5.74) is 4.64. The number of hydrogen-bond acceptors (Lipinski definition) is 2. The van der Waals surface area contributed by atoms with Gasteiger partial charge in [0.05, 0.1) is 5.52 Å². The summed E-state index contributed by atoms with van der Waals surface area (Å²) in [6.45, 7) is 2.15. The Morgan fingerprint density at radius 1 is 1.00 bits per heavy atom. The molecule has 2 nitrogen and oxygen atoms in total. The third-order valence-corrected chi connectivity index (χ3v) is 5.12. The molecule has 0 saturated heterocycles. The fraction of sp³-hybridized carbons (Fsp3) is 0.111. The van der Waals surface area contributed by atoms with Crippen molar-refractivity contribution < 1.29 is 4.57 Å². The smallest absolute Gasteiger partial charge is 0.240 e. The Morgan fingerprint density at radius 2 is 1.76 bits per heavy atom. The predicted molar refractivity (Wildman–Crippen MR) is 88.5 cm³/mol. The van der Waals surface area contributed by atoms with Crippen molar-refractivity contribution in [2.24, 2.45) is 7.05 Å². The molecule has 0 amide bonds. The molecule has 0 saturated carbocycles. The molecule has 0 N–H and O–H groups in total. The second kappa shape index (κ2) is 4.64. The van der Waals surface area contributed by atoms with Crippen molar-refractivity contribution in [3.63, 3.8) is 0 Å². The van der Waals surface area contributed by atoms with Crippen LogP contribution < -0.4 is 4.57 Å². The summed E-state index contributed by atoms with van der Waals surface area (Å²) in [5, 5.41) is 2.43. The summed E-state index contributed by atoms with van der Waals surface area (Å²) in [5.74, 6) is 0. The lowest BCUT2D eigenvalue weighted by molar-refractivity contribution is -0.629. The van der Waals surface area contributed by atoms with Crippen LogP contribution in [0.15, 0.2) is 54.6 Å². The van der Waals surface area contributed by atoms with Crippen molar-refractivity contribution in [2.45, 2.75) is 6.92 Å². The molecule has 2 heterocycles. The predicted octanol–water partition coefficient (Wildman–Crippen LogP) is 4.25. The monoisotopic (exact) mass is 291 g/mol. The van der Waals surface area contributed by atoms with Crippen molar-refractivity contribution in [3.8, 4) is 10.7 Å². The largest absolute Gasteiger partial charge is 0.288 e. The molecule has 0 spiro atoms. The van der Waals surface area contributed by atoms with Gasteiger partial charge in [-0.15, -0.1) is 0 Å². The van der Waals surface area contributed by atoms with Crippen LogP contribution in [0, 0.1) is 6.92 Å². The summed E-state index contributed by atoms with van der Waals surface area (Å²) in [4.78, 5) is 4.85. The highest BCUT2D eigenvalue weighted by molar-refractivity contribution is 7.21. The Balaban J connectivity index is 2.02. The van der Waals surface area contributed by atoms with Crippen molar-refractivity contribution >= 4 is 32.5 Å². The fourth-order valence-corrected chi connectivity index (χ4v) is 3.89. The molecule has 4 aromatic rings. The van der Waals surface area contributed by atoms with Crippen LogP contribution in [0.25, 0.3) is 31.8 Å². The van der Waals surface area contributed by atoms with E-state index in [9.17, 15) is 0 Å². The second-order valence-corrected chi connectivity index (χ2v) is 6.31. The van der Waals surface area contributed by atoms with Gasteiger partial charge in [-0.1, -0.05) is 41.7 Å². The van der Waals surface area contributed by atoms with Crippen LogP contribution in [0.3, 0.4) is 0 Å². The van der Waals surface area contributed by atoms with Crippen LogP contribution in [-0.2, 0) is 7.05 Å². The molecule has 0 aliphatic heterocycles. The van der Waals surface area contributed by atoms with E-state index >= 15 is 0 Å². The van der Waals surface area contributed by atoms with E-state index in [4.69, 9.17) is 4.98 Å². The third-order valence-electron chi connectivity index (χ3n) is 3.88. The van der Waals surface area contributed by atoms with Crippen molar-refractivity contribution in [3.05, 3.63) is 60.2 Å². The molecule has 0 aliphatic rings. The Morgan fingerprint density at radius 3 is 2.62 bits per heavy atom. The van der Waals surface area contributed by atoms with Gasteiger partial charge < -0.3 is 0 Å². The lowest BCUT2D eigenvalue weighted by Crippen LogP contribution is -2.28. The quantitative estimate of drug-likeness (QED) is 0.479. The number of nitrogens with zero attached hydrogens (tertiary/aromatic N) is 2. The van der Waals surface area contributed by atoms with Gasteiger partial charge in [-0.2, -0.15) is 4.57 Å². The number of para-hydroxylation sites is 2. The zero-order valence-corrected chi connectivity index (χ0v) is 12.8. The zero-order chi connectivity index (χ0) is 14.4. The molecule has 2 aromatic heterocycles. The molecular formula is C18H15N2S+. The molecule has 21 heavy (non-hydrogen) atoms. The van der Waals surface area contributed by atoms with Gasteiger partial charge in [0.25, 0.3) is 5.01 Å². The summed E-state index contributed by atoms with van der Waals surface area (Å²) in [7, 11) is 2.11. The SMILES string of the molecule is Cc1cc(-c2sc3ccccc3[n+]2C)nc2ccccc12. The van der Waals surface area contributed by atoms with Gasteiger partial charge in [0.1, 0.15) is 17.4 Å². The first-order valence-corrected chi connectivity index (χ1v) is 7.80. The number of thiazole rings is 1. The third kappa shape index (κ3) is 1.93. The molecule has 3 heteroatoms. The van der Waals surface area contributed by atoms with E-state index in [1.807, 2.05) is 6.07 Å². The molecular weight excluding hydrogens is 276 g/mol. The van der Waals surface area contributed by atoms with Gasteiger partial charge in [0.2, 0.25) is 5.52 Å². The van der Waals surface area contributed by atoms with Gasteiger partial charge in [0, 0.05) is 11.5 Å². The van der Waals surface area contributed by atoms with E-state index < -0.39 is 0 Å². The topological polar surface area (TPSA) is 16.8 Å². The molecule has 0 atom stereocenters. The summed E-state index contributed by atoms with van der Waals surface area (Å²) >= 11 is 1.79. The lowest BCUT2D eigenvalue weighted by Gasteiger charge is -2.03. The summed E-state index contributed by atoms with van der Waals surface area (Å²) in [6.07, 6.45) is 0. The van der Waals surface area contributed by atoms with E-state index in [1.165, 1.54) is 26.2 Å². The van der Waals surface area contributed by atoms with Crippen molar-refractivity contribution in [1.82, 2.24) is 4.98 Å². The molecule has 2 aromatic carbocycles. The number of aromatic nitrogens is 2. The van der Waals surface area contributed by atoms with Gasteiger partial charge >= 0.3 is 0 Å². The maximum atomic E-state index is 4.85. The Labute approximate surface area is 127 Å². The lowest BCUT2D eigenvalue weighted by atomic mass is 10.1. The van der Waals surface area contributed by atoms with Crippen LogP contribution >= 0.6 is 11.3 Å². The highest BCUT2D eigenvalue weighted by Crippen LogP contribution is 2.29. The van der Waals surface area contributed by atoms with Crippen LogP contribution in [0.1, 0.15) is 5.56 Å². The average Bonchev–Trinajstić information content (AvgIpc) is 2.85. The summed E-state index contributed by atoms with van der Waals surface area (Å²) < 4.78 is 3.53. The van der Waals surface area contributed by atoms with Crippen LogP contribution in [0.4, 0.5) is 0 Å².